The fourth-order valence-corrected chi connectivity index (χ4v) is 3.28. The summed E-state index contributed by atoms with van der Waals surface area (Å²) in [6.45, 7) is 0.302. The van der Waals surface area contributed by atoms with E-state index in [4.69, 9.17) is 0 Å². The predicted molar refractivity (Wildman–Crippen MR) is 94.0 cm³/mol. The van der Waals surface area contributed by atoms with Crippen LogP contribution in [-0.4, -0.2) is 33.0 Å². The molecule has 9 heteroatoms. The van der Waals surface area contributed by atoms with Crippen LogP contribution in [-0.2, 0) is 14.6 Å². The van der Waals surface area contributed by atoms with Gasteiger partial charge in [0.25, 0.3) is 5.91 Å². The number of carbonyl (C=O) groups excluding carboxylic acids is 2. The molecule has 0 unspecified atom stereocenters. The molecule has 0 aliphatic heterocycles. The molecule has 134 valence electrons. The van der Waals surface area contributed by atoms with E-state index in [9.17, 15) is 22.4 Å². The smallest absolute Gasteiger partial charge is 0.261 e. The Bertz CT molecular complexity index is 864. The molecule has 0 bridgehead atoms. The van der Waals surface area contributed by atoms with E-state index < -0.39 is 21.6 Å². The molecule has 0 fully saturated rings. The zero-order valence-electron chi connectivity index (χ0n) is 13.4. The Morgan fingerprint density at radius 3 is 2.64 bits per heavy atom. The Labute approximate surface area is 149 Å². The number of rotatable bonds is 7. The monoisotopic (exact) mass is 384 g/mol. The molecule has 1 heterocycles. The van der Waals surface area contributed by atoms with Crippen molar-refractivity contribution in [2.75, 3.05) is 18.1 Å². The lowest BCUT2D eigenvalue weighted by Crippen LogP contribution is -2.24. The number of nitrogens with one attached hydrogen (secondary N) is 2. The SMILES string of the molecule is CS(=O)(=O)c1ccc(F)c(NC(=O)CCCNC(=O)c2cccs2)c1. The second kappa shape index (κ2) is 8.21. The Morgan fingerprint density at radius 1 is 1.24 bits per heavy atom. The first-order valence-corrected chi connectivity index (χ1v) is 10.2. The van der Waals surface area contributed by atoms with Gasteiger partial charge in [-0.15, -0.1) is 11.3 Å². The van der Waals surface area contributed by atoms with Gasteiger partial charge in [0, 0.05) is 19.2 Å². The van der Waals surface area contributed by atoms with Crippen LogP contribution in [0.5, 0.6) is 0 Å². The van der Waals surface area contributed by atoms with Crippen LogP contribution in [0.2, 0.25) is 0 Å². The maximum absolute atomic E-state index is 13.7. The summed E-state index contributed by atoms with van der Waals surface area (Å²) < 4.78 is 36.7. The Morgan fingerprint density at radius 2 is 2.00 bits per heavy atom. The molecular weight excluding hydrogens is 367 g/mol. The minimum Gasteiger partial charge on any atom is -0.351 e. The molecule has 0 aliphatic carbocycles. The lowest BCUT2D eigenvalue weighted by atomic mass is 10.2. The van der Waals surface area contributed by atoms with Crippen LogP contribution >= 0.6 is 11.3 Å². The van der Waals surface area contributed by atoms with Gasteiger partial charge in [0.05, 0.1) is 15.5 Å². The van der Waals surface area contributed by atoms with E-state index in [2.05, 4.69) is 10.6 Å². The van der Waals surface area contributed by atoms with E-state index in [-0.39, 0.29) is 22.9 Å². The maximum Gasteiger partial charge on any atom is 0.261 e. The number of hydrogen-bond donors (Lipinski definition) is 2. The van der Waals surface area contributed by atoms with Crippen LogP contribution in [0, 0.1) is 5.82 Å². The van der Waals surface area contributed by atoms with Gasteiger partial charge in [-0.2, -0.15) is 0 Å². The van der Waals surface area contributed by atoms with Gasteiger partial charge in [0.1, 0.15) is 5.82 Å². The molecule has 2 aromatic rings. The van der Waals surface area contributed by atoms with Crippen LogP contribution in [0.1, 0.15) is 22.5 Å². The molecule has 6 nitrogen and oxygen atoms in total. The molecule has 0 saturated heterocycles. The van der Waals surface area contributed by atoms with Gasteiger partial charge < -0.3 is 10.6 Å². The van der Waals surface area contributed by atoms with Crippen molar-refractivity contribution in [3.63, 3.8) is 0 Å². The summed E-state index contributed by atoms with van der Waals surface area (Å²) >= 11 is 1.32. The first-order chi connectivity index (χ1) is 11.8. The van der Waals surface area contributed by atoms with Crippen LogP contribution in [0.25, 0.3) is 0 Å². The van der Waals surface area contributed by atoms with Gasteiger partial charge in [0.15, 0.2) is 9.84 Å². The van der Waals surface area contributed by atoms with Gasteiger partial charge in [-0.05, 0) is 36.1 Å². The van der Waals surface area contributed by atoms with Crippen molar-refractivity contribution in [1.29, 1.82) is 0 Å². The molecule has 0 saturated carbocycles. The average Bonchev–Trinajstić information content (AvgIpc) is 3.07. The second-order valence-electron chi connectivity index (χ2n) is 5.30. The number of sulfone groups is 1. The third-order valence-electron chi connectivity index (χ3n) is 3.25. The van der Waals surface area contributed by atoms with Crippen molar-refractivity contribution < 1.29 is 22.4 Å². The van der Waals surface area contributed by atoms with E-state index in [1.165, 1.54) is 11.3 Å². The minimum atomic E-state index is -3.49. The third kappa shape index (κ3) is 5.64. The first-order valence-electron chi connectivity index (χ1n) is 7.38. The fourth-order valence-electron chi connectivity index (χ4n) is 1.99. The molecule has 2 rings (SSSR count). The number of hydrogen-bond acceptors (Lipinski definition) is 5. The molecule has 25 heavy (non-hydrogen) atoms. The number of benzene rings is 1. The number of carbonyl (C=O) groups is 2. The molecule has 0 atom stereocenters. The van der Waals surface area contributed by atoms with Crippen molar-refractivity contribution in [3.05, 3.63) is 46.4 Å². The highest BCUT2D eigenvalue weighted by atomic mass is 32.2. The molecule has 2 N–H and O–H groups in total. The largest absolute Gasteiger partial charge is 0.351 e. The molecule has 2 amide bonds. The molecule has 0 aliphatic rings. The van der Waals surface area contributed by atoms with E-state index >= 15 is 0 Å². The van der Waals surface area contributed by atoms with Crippen molar-refractivity contribution >= 4 is 38.7 Å². The van der Waals surface area contributed by atoms with Gasteiger partial charge in [-0.1, -0.05) is 6.07 Å². The number of anilines is 1. The normalized spacial score (nSPS) is 11.1. The van der Waals surface area contributed by atoms with E-state index in [1.54, 1.807) is 17.5 Å². The van der Waals surface area contributed by atoms with Crippen LogP contribution < -0.4 is 10.6 Å². The number of halogens is 1. The highest BCUT2D eigenvalue weighted by Crippen LogP contribution is 2.19. The first kappa shape index (κ1) is 19.1. The summed E-state index contributed by atoms with van der Waals surface area (Å²) in [4.78, 5) is 24.1. The van der Waals surface area contributed by atoms with Crippen LogP contribution in [0.3, 0.4) is 0 Å². The lowest BCUT2D eigenvalue weighted by molar-refractivity contribution is -0.116. The van der Waals surface area contributed by atoms with Crippen LogP contribution in [0.4, 0.5) is 10.1 Å². The third-order valence-corrected chi connectivity index (χ3v) is 5.23. The topological polar surface area (TPSA) is 92.3 Å². The quantitative estimate of drug-likeness (QED) is 0.566. The zero-order chi connectivity index (χ0) is 18.4. The molecule has 0 radical (unpaired) electrons. The summed E-state index contributed by atoms with van der Waals surface area (Å²) in [7, 11) is -3.49. The number of thiophene rings is 1. The fraction of sp³-hybridized carbons (Fsp3) is 0.250. The van der Waals surface area contributed by atoms with Gasteiger partial charge in [-0.3, -0.25) is 9.59 Å². The highest BCUT2D eigenvalue weighted by Gasteiger charge is 2.13. The summed E-state index contributed by atoms with van der Waals surface area (Å²) in [5.74, 6) is -1.39. The van der Waals surface area contributed by atoms with Gasteiger partial charge in [0.2, 0.25) is 5.91 Å². The van der Waals surface area contributed by atoms with E-state index in [0.29, 0.717) is 17.8 Å². The van der Waals surface area contributed by atoms with Gasteiger partial charge in [-0.25, -0.2) is 12.8 Å². The number of amides is 2. The molecule has 1 aromatic carbocycles. The Kier molecular flexibility index (Phi) is 6.27. The van der Waals surface area contributed by atoms with Crippen molar-refractivity contribution in [2.45, 2.75) is 17.7 Å². The predicted octanol–water partition coefficient (Wildman–Crippen LogP) is 2.44. The minimum absolute atomic E-state index is 0.0628. The summed E-state index contributed by atoms with van der Waals surface area (Å²) in [5.41, 5.74) is -0.185. The summed E-state index contributed by atoms with van der Waals surface area (Å²) in [5, 5.41) is 6.83. The maximum atomic E-state index is 13.7. The molecule has 1 aromatic heterocycles. The lowest BCUT2D eigenvalue weighted by Gasteiger charge is -2.08. The second-order valence-corrected chi connectivity index (χ2v) is 8.26. The Balaban J connectivity index is 1.83. The van der Waals surface area contributed by atoms with Gasteiger partial charge >= 0.3 is 0 Å². The van der Waals surface area contributed by atoms with Crippen LogP contribution in [0.15, 0.2) is 40.6 Å². The summed E-state index contributed by atoms with van der Waals surface area (Å²) in [6, 6.07) is 6.69. The standard InChI is InChI=1S/C16H17FN2O4S2/c1-25(22,23)11-6-7-12(17)13(10-11)19-15(20)5-2-8-18-16(21)14-4-3-9-24-14/h3-4,6-7,9-10H,2,5,8H2,1H3,(H,18,21)(H,19,20). The van der Waals surface area contributed by atoms with Crippen molar-refractivity contribution in [1.82, 2.24) is 5.32 Å². The van der Waals surface area contributed by atoms with Crippen molar-refractivity contribution in [2.24, 2.45) is 0 Å². The zero-order valence-corrected chi connectivity index (χ0v) is 15.0. The summed E-state index contributed by atoms with van der Waals surface area (Å²) in [6.07, 6.45) is 1.44. The molecule has 0 spiro atoms. The molecular formula is C16H17FN2O4S2. The van der Waals surface area contributed by atoms with Crippen molar-refractivity contribution in [3.8, 4) is 0 Å². The average molecular weight is 384 g/mol. The Hall–Kier alpha value is -2.26. The van der Waals surface area contributed by atoms with E-state index in [0.717, 1.165) is 24.5 Å². The highest BCUT2D eigenvalue weighted by molar-refractivity contribution is 7.90. The van der Waals surface area contributed by atoms with E-state index in [1.807, 2.05) is 0 Å².